The molecule has 6 nitrogen and oxygen atoms in total. The van der Waals surface area contributed by atoms with Crippen LogP contribution in [0.3, 0.4) is 0 Å². The van der Waals surface area contributed by atoms with Gasteiger partial charge in [0.25, 0.3) is 5.91 Å². The van der Waals surface area contributed by atoms with Crippen molar-refractivity contribution in [1.82, 2.24) is 19.6 Å². The highest BCUT2D eigenvalue weighted by Gasteiger charge is 2.14. The highest BCUT2D eigenvalue weighted by Crippen LogP contribution is 2.19. The highest BCUT2D eigenvalue weighted by atomic mass is 16.1. The number of benzene rings is 1. The number of rotatable bonds is 3. The molecule has 6 heteroatoms. The third-order valence-corrected chi connectivity index (χ3v) is 4.16. The quantitative estimate of drug-likeness (QED) is 0.616. The van der Waals surface area contributed by atoms with Crippen LogP contribution in [-0.4, -0.2) is 25.5 Å². The molecule has 128 valence electrons. The van der Waals surface area contributed by atoms with Gasteiger partial charge in [0.2, 0.25) is 0 Å². The maximum absolute atomic E-state index is 12.6. The lowest BCUT2D eigenvalue weighted by molar-refractivity contribution is 0.102. The Morgan fingerprint density at radius 2 is 1.81 bits per heavy atom. The minimum atomic E-state index is -0.245. The van der Waals surface area contributed by atoms with Gasteiger partial charge in [0.1, 0.15) is 11.4 Å². The monoisotopic (exact) mass is 343 g/mol. The maximum Gasteiger partial charge on any atom is 0.274 e. The Hall–Kier alpha value is -3.54. The normalized spacial score (nSPS) is 10.8. The van der Waals surface area contributed by atoms with Crippen LogP contribution in [-0.2, 0) is 0 Å². The molecule has 0 unspecified atom stereocenters. The Bertz CT molecular complexity index is 1100. The molecule has 0 fully saturated rings. The van der Waals surface area contributed by atoms with E-state index in [-0.39, 0.29) is 5.91 Å². The molecule has 0 aliphatic rings. The first-order valence-corrected chi connectivity index (χ1v) is 8.27. The van der Waals surface area contributed by atoms with Crippen LogP contribution in [0.25, 0.3) is 17.0 Å². The number of aryl methyl sites for hydroxylation is 2. The number of amides is 1. The Balaban J connectivity index is 1.70. The van der Waals surface area contributed by atoms with Gasteiger partial charge in [-0.15, -0.1) is 0 Å². The van der Waals surface area contributed by atoms with Crippen LogP contribution in [0.1, 0.15) is 21.7 Å². The minimum absolute atomic E-state index is 0.245. The number of aromatic nitrogens is 4. The van der Waals surface area contributed by atoms with Gasteiger partial charge in [-0.1, -0.05) is 24.3 Å². The average molecular weight is 343 g/mol. The van der Waals surface area contributed by atoms with Crippen LogP contribution in [0.2, 0.25) is 0 Å². The first-order valence-electron chi connectivity index (χ1n) is 8.27. The molecule has 1 aromatic carbocycles. The Kier molecular flexibility index (Phi) is 3.93. The van der Waals surface area contributed by atoms with E-state index in [2.05, 4.69) is 20.4 Å². The van der Waals surface area contributed by atoms with Crippen LogP contribution in [0.5, 0.6) is 0 Å². The van der Waals surface area contributed by atoms with Crippen molar-refractivity contribution in [3.05, 3.63) is 77.7 Å². The maximum atomic E-state index is 12.6. The topological polar surface area (TPSA) is 72.2 Å². The lowest BCUT2D eigenvalue weighted by atomic mass is 10.2. The molecule has 4 rings (SSSR count). The van der Waals surface area contributed by atoms with E-state index < -0.39 is 0 Å². The van der Waals surface area contributed by atoms with Crippen LogP contribution < -0.4 is 5.32 Å². The lowest BCUT2D eigenvalue weighted by Gasteiger charge is -2.08. The van der Waals surface area contributed by atoms with Gasteiger partial charge in [-0.2, -0.15) is 5.10 Å². The Morgan fingerprint density at radius 1 is 1.00 bits per heavy atom. The van der Waals surface area contributed by atoms with Crippen molar-refractivity contribution in [1.29, 1.82) is 0 Å². The lowest BCUT2D eigenvalue weighted by Crippen LogP contribution is -2.15. The second-order valence-corrected chi connectivity index (χ2v) is 6.07. The van der Waals surface area contributed by atoms with E-state index in [1.807, 2.05) is 62.4 Å². The predicted octanol–water partition coefficient (Wildman–Crippen LogP) is 3.66. The number of anilines is 1. The molecule has 4 aromatic rings. The number of carbonyl (C=O) groups excluding carboxylic acids is 1. The van der Waals surface area contributed by atoms with Gasteiger partial charge in [0, 0.05) is 23.6 Å². The Morgan fingerprint density at radius 3 is 2.58 bits per heavy atom. The summed E-state index contributed by atoms with van der Waals surface area (Å²) >= 11 is 0. The third-order valence-electron chi connectivity index (χ3n) is 4.16. The molecule has 0 aliphatic heterocycles. The fourth-order valence-electron chi connectivity index (χ4n) is 2.78. The zero-order chi connectivity index (χ0) is 18.1. The number of pyridine rings is 1. The Labute approximate surface area is 150 Å². The van der Waals surface area contributed by atoms with Crippen LogP contribution in [0.4, 0.5) is 5.69 Å². The van der Waals surface area contributed by atoms with E-state index >= 15 is 0 Å². The van der Waals surface area contributed by atoms with Gasteiger partial charge >= 0.3 is 0 Å². The highest BCUT2D eigenvalue weighted by molar-refractivity contribution is 6.03. The molecule has 0 radical (unpaired) electrons. The van der Waals surface area contributed by atoms with Gasteiger partial charge in [-0.05, 0) is 43.7 Å². The summed E-state index contributed by atoms with van der Waals surface area (Å²) in [5.41, 5.74) is 5.05. The number of nitrogens with zero attached hydrogens (tertiary/aromatic N) is 4. The largest absolute Gasteiger partial charge is 0.320 e. The fraction of sp³-hybridized carbons (Fsp3) is 0.100. The minimum Gasteiger partial charge on any atom is -0.320 e. The van der Waals surface area contributed by atoms with Gasteiger partial charge in [0.05, 0.1) is 5.69 Å². The van der Waals surface area contributed by atoms with Crippen molar-refractivity contribution >= 4 is 17.2 Å². The molecule has 0 saturated carbocycles. The first-order chi connectivity index (χ1) is 12.6. The van der Waals surface area contributed by atoms with E-state index in [1.54, 1.807) is 16.8 Å². The molecule has 0 bridgehead atoms. The van der Waals surface area contributed by atoms with Crippen molar-refractivity contribution in [2.24, 2.45) is 0 Å². The predicted molar refractivity (Wildman–Crippen MR) is 100 cm³/mol. The fourth-order valence-corrected chi connectivity index (χ4v) is 2.78. The smallest absolute Gasteiger partial charge is 0.274 e. The van der Waals surface area contributed by atoms with E-state index in [0.717, 1.165) is 28.3 Å². The van der Waals surface area contributed by atoms with E-state index in [9.17, 15) is 4.79 Å². The number of hydrogen-bond donors (Lipinski definition) is 1. The second-order valence-electron chi connectivity index (χ2n) is 6.07. The summed E-state index contributed by atoms with van der Waals surface area (Å²) < 4.78 is 1.72. The molecule has 0 spiro atoms. The zero-order valence-corrected chi connectivity index (χ0v) is 14.5. The van der Waals surface area contributed by atoms with Crippen LogP contribution in [0, 0.1) is 13.8 Å². The summed E-state index contributed by atoms with van der Waals surface area (Å²) in [7, 11) is 0. The van der Waals surface area contributed by atoms with Gasteiger partial charge in [-0.3, -0.25) is 9.78 Å². The van der Waals surface area contributed by atoms with Crippen molar-refractivity contribution in [2.75, 3.05) is 5.32 Å². The summed E-state index contributed by atoms with van der Waals surface area (Å²) in [5, 5.41) is 7.45. The number of carbonyl (C=O) groups is 1. The molecule has 0 atom stereocenters. The first kappa shape index (κ1) is 16.0. The molecule has 1 amide bonds. The summed E-state index contributed by atoms with van der Waals surface area (Å²) in [6.07, 6.45) is 1.72. The summed E-state index contributed by atoms with van der Waals surface area (Å²) in [6.45, 7) is 3.85. The average Bonchev–Trinajstić information content (AvgIpc) is 3.09. The standard InChI is InChI=1S/C20H17N5O/c1-13-7-3-4-8-15(13)23-20(26)18-11-14(2)25-19(22-18)12-17(24-25)16-9-5-6-10-21-16/h3-12H,1-2H3,(H,23,26). The molecule has 0 saturated heterocycles. The zero-order valence-electron chi connectivity index (χ0n) is 14.5. The third kappa shape index (κ3) is 2.93. The molecule has 3 heterocycles. The second kappa shape index (κ2) is 6.40. The van der Waals surface area contributed by atoms with Gasteiger partial charge in [-0.25, -0.2) is 9.50 Å². The molecule has 3 aromatic heterocycles. The van der Waals surface area contributed by atoms with Crippen molar-refractivity contribution in [2.45, 2.75) is 13.8 Å². The van der Waals surface area contributed by atoms with Crippen LogP contribution >= 0.6 is 0 Å². The van der Waals surface area contributed by atoms with E-state index in [0.29, 0.717) is 11.3 Å². The summed E-state index contributed by atoms with van der Waals surface area (Å²) in [6, 6.07) is 16.9. The molecular formula is C20H17N5O. The van der Waals surface area contributed by atoms with E-state index in [4.69, 9.17) is 0 Å². The molecule has 0 aliphatic carbocycles. The van der Waals surface area contributed by atoms with Gasteiger partial charge in [0.15, 0.2) is 5.65 Å². The SMILES string of the molecule is Cc1ccccc1NC(=O)c1cc(C)n2nc(-c3ccccn3)cc2n1. The van der Waals surface area contributed by atoms with Crippen molar-refractivity contribution < 1.29 is 4.79 Å². The number of para-hydroxylation sites is 1. The number of hydrogen-bond acceptors (Lipinski definition) is 4. The molecule has 1 N–H and O–H groups in total. The number of nitrogens with one attached hydrogen (secondary N) is 1. The van der Waals surface area contributed by atoms with Crippen molar-refractivity contribution in [3.8, 4) is 11.4 Å². The van der Waals surface area contributed by atoms with Crippen LogP contribution in [0.15, 0.2) is 60.8 Å². The van der Waals surface area contributed by atoms with Gasteiger partial charge < -0.3 is 5.32 Å². The summed E-state index contributed by atoms with van der Waals surface area (Å²) in [5.74, 6) is -0.245. The molecular weight excluding hydrogens is 326 g/mol. The molecule has 26 heavy (non-hydrogen) atoms. The number of fused-ring (bicyclic) bond motifs is 1. The van der Waals surface area contributed by atoms with Crippen molar-refractivity contribution in [3.63, 3.8) is 0 Å². The van der Waals surface area contributed by atoms with E-state index in [1.165, 1.54) is 0 Å². The summed E-state index contributed by atoms with van der Waals surface area (Å²) in [4.78, 5) is 21.4.